The Bertz CT molecular complexity index is 222. The first-order valence-electron chi connectivity index (χ1n) is 4.49. The summed E-state index contributed by atoms with van der Waals surface area (Å²) in [5, 5.41) is 11.1. The van der Waals surface area contributed by atoms with Crippen molar-refractivity contribution in [3.8, 4) is 6.07 Å². The van der Waals surface area contributed by atoms with Gasteiger partial charge in [-0.05, 0) is 12.3 Å². The van der Waals surface area contributed by atoms with Crippen LogP contribution in [0.2, 0.25) is 0 Å². The number of nitrogens with zero attached hydrogens (tertiary/aromatic N) is 1. The van der Waals surface area contributed by atoms with E-state index in [1.807, 2.05) is 33.8 Å². The highest BCUT2D eigenvalue weighted by molar-refractivity contribution is 5.79. The number of amides is 1. The molecule has 2 atom stereocenters. The Morgan fingerprint density at radius 2 is 1.85 bits per heavy atom. The maximum Gasteiger partial charge on any atom is 0.224 e. The molecule has 0 aromatic carbocycles. The Kier molecular flexibility index (Phi) is 3.93. The second-order valence-corrected chi connectivity index (χ2v) is 4.45. The Morgan fingerprint density at radius 3 is 2.15 bits per heavy atom. The highest BCUT2D eigenvalue weighted by atomic mass is 16.1. The quantitative estimate of drug-likeness (QED) is 0.706. The first-order valence-corrected chi connectivity index (χ1v) is 4.49. The van der Waals surface area contributed by atoms with Gasteiger partial charge in [0.15, 0.2) is 0 Å². The van der Waals surface area contributed by atoms with Crippen LogP contribution in [0.15, 0.2) is 0 Å². The third-order valence-electron chi connectivity index (χ3n) is 2.24. The lowest BCUT2D eigenvalue weighted by molar-refractivity contribution is -0.127. The van der Waals surface area contributed by atoms with Crippen molar-refractivity contribution in [2.75, 3.05) is 0 Å². The fourth-order valence-electron chi connectivity index (χ4n) is 0.764. The summed E-state index contributed by atoms with van der Waals surface area (Å²) < 4.78 is 0. The van der Waals surface area contributed by atoms with Crippen LogP contribution in [-0.2, 0) is 4.79 Å². The fourth-order valence-corrected chi connectivity index (χ4v) is 0.764. The van der Waals surface area contributed by atoms with Crippen LogP contribution >= 0.6 is 0 Å². The van der Waals surface area contributed by atoms with Gasteiger partial charge in [-0.1, -0.05) is 27.7 Å². The fraction of sp³-hybridized carbons (Fsp3) is 0.800. The topological polar surface area (TPSA) is 52.9 Å². The standard InChI is InChI=1S/C10H18N2O/c1-7(6-11)12-9(13)8(2)10(3,4)5/h7-8H,1-5H3,(H,12,13)/t7?,8-/m1/s1. The molecule has 0 heterocycles. The van der Waals surface area contributed by atoms with Gasteiger partial charge in [-0.2, -0.15) is 5.26 Å². The van der Waals surface area contributed by atoms with Crippen molar-refractivity contribution >= 4 is 5.91 Å². The van der Waals surface area contributed by atoms with E-state index in [1.165, 1.54) is 0 Å². The molecule has 0 aromatic heterocycles. The number of hydrogen-bond acceptors (Lipinski definition) is 2. The molecule has 0 rings (SSSR count). The number of rotatable bonds is 2. The molecule has 0 fully saturated rings. The van der Waals surface area contributed by atoms with Crippen molar-refractivity contribution in [3.63, 3.8) is 0 Å². The Hall–Kier alpha value is -1.04. The van der Waals surface area contributed by atoms with Gasteiger partial charge in [-0.3, -0.25) is 4.79 Å². The number of hydrogen-bond donors (Lipinski definition) is 1. The number of nitriles is 1. The molecule has 1 N–H and O–H groups in total. The summed E-state index contributed by atoms with van der Waals surface area (Å²) in [7, 11) is 0. The van der Waals surface area contributed by atoms with E-state index in [0.717, 1.165) is 0 Å². The molecule has 0 radical (unpaired) electrons. The molecule has 0 spiro atoms. The van der Waals surface area contributed by atoms with Crippen molar-refractivity contribution in [1.82, 2.24) is 5.32 Å². The minimum atomic E-state index is -0.405. The lowest BCUT2D eigenvalue weighted by Crippen LogP contribution is -2.40. The van der Waals surface area contributed by atoms with Crippen molar-refractivity contribution in [3.05, 3.63) is 0 Å². The normalized spacial score (nSPS) is 15.7. The summed E-state index contributed by atoms with van der Waals surface area (Å²) in [6, 6.07) is 1.56. The molecule has 74 valence electrons. The van der Waals surface area contributed by atoms with Crippen molar-refractivity contribution in [2.45, 2.75) is 40.7 Å². The average Bonchev–Trinajstić information content (AvgIpc) is 2.01. The Balaban J connectivity index is 4.22. The van der Waals surface area contributed by atoms with E-state index in [2.05, 4.69) is 5.32 Å². The van der Waals surface area contributed by atoms with E-state index < -0.39 is 6.04 Å². The summed E-state index contributed by atoms with van der Waals surface area (Å²) in [5.74, 6) is -0.134. The zero-order chi connectivity index (χ0) is 10.6. The molecule has 3 nitrogen and oxygen atoms in total. The summed E-state index contributed by atoms with van der Waals surface area (Å²) in [6.45, 7) is 9.57. The zero-order valence-corrected chi connectivity index (χ0v) is 9.01. The molecule has 1 amide bonds. The monoisotopic (exact) mass is 182 g/mol. The van der Waals surface area contributed by atoms with Crippen LogP contribution in [0.5, 0.6) is 0 Å². The second-order valence-electron chi connectivity index (χ2n) is 4.45. The van der Waals surface area contributed by atoms with Crippen LogP contribution in [0.1, 0.15) is 34.6 Å². The smallest absolute Gasteiger partial charge is 0.224 e. The van der Waals surface area contributed by atoms with E-state index in [0.29, 0.717) is 0 Å². The van der Waals surface area contributed by atoms with Gasteiger partial charge in [0.1, 0.15) is 6.04 Å². The van der Waals surface area contributed by atoms with Crippen LogP contribution in [0, 0.1) is 22.7 Å². The van der Waals surface area contributed by atoms with E-state index >= 15 is 0 Å². The number of nitrogens with one attached hydrogen (secondary N) is 1. The van der Waals surface area contributed by atoms with E-state index in [4.69, 9.17) is 5.26 Å². The van der Waals surface area contributed by atoms with Crippen LogP contribution in [-0.4, -0.2) is 11.9 Å². The maximum absolute atomic E-state index is 11.5. The first-order chi connectivity index (χ1) is 5.79. The number of carbonyl (C=O) groups excluding carboxylic acids is 1. The Labute approximate surface area is 80.1 Å². The molecular weight excluding hydrogens is 164 g/mol. The van der Waals surface area contributed by atoms with Gasteiger partial charge >= 0.3 is 0 Å². The van der Waals surface area contributed by atoms with Crippen molar-refractivity contribution in [2.24, 2.45) is 11.3 Å². The van der Waals surface area contributed by atoms with Crippen molar-refractivity contribution < 1.29 is 4.79 Å². The minimum absolute atomic E-state index is 0.0541. The van der Waals surface area contributed by atoms with Crippen LogP contribution < -0.4 is 5.32 Å². The van der Waals surface area contributed by atoms with Crippen LogP contribution in [0.25, 0.3) is 0 Å². The molecule has 0 aliphatic carbocycles. The summed E-state index contributed by atoms with van der Waals surface area (Å²) in [6.07, 6.45) is 0. The molecule has 0 saturated heterocycles. The predicted octanol–water partition coefficient (Wildman–Crippen LogP) is 1.70. The first kappa shape index (κ1) is 12.0. The third kappa shape index (κ3) is 3.93. The van der Waals surface area contributed by atoms with E-state index in [-0.39, 0.29) is 17.2 Å². The molecule has 1 unspecified atom stereocenters. The minimum Gasteiger partial charge on any atom is -0.340 e. The Morgan fingerprint density at radius 1 is 1.38 bits per heavy atom. The molecule has 0 saturated carbocycles. The van der Waals surface area contributed by atoms with E-state index in [9.17, 15) is 4.79 Å². The van der Waals surface area contributed by atoms with Crippen LogP contribution in [0.3, 0.4) is 0 Å². The van der Waals surface area contributed by atoms with Gasteiger partial charge < -0.3 is 5.32 Å². The second kappa shape index (κ2) is 4.27. The summed E-state index contributed by atoms with van der Waals surface area (Å²) in [5.41, 5.74) is -0.0563. The van der Waals surface area contributed by atoms with Gasteiger partial charge in [0, 0.05) is 5.92 Å². The molecule has 0 aromatic rings. The third-order valence-corrected chi connectivity index (χ3v) is 2.24. The largest absolute Gasteiger partial charge is 0.340 e. The highest BCUT2D eigenvalue weighted by Gasteiger charge is 2.27. The molecule has 0 aliphatic heterocycles. The zero-order valence-electron chi connectivity index (χ0n) is 9.01. The SMILES string of the molecule is CC(C#N)NC(=O)[C@@H](C)C(C)(C)C. The van der Waals surface area contributed by atoms with Gasteiger partial charge in [0.25, 0.3) is 0 Å². The average molecular weight is 182 g/mol. The van der Waals surface area contributed by atoms with E-state index in [1.54, 1.807) is 6.92 Å². The predicted molar refractivity (Wildman–Crippen MR) is 51.8 cm³/mol. The molecule has 0 bridgehead atoms. The summed E-state index contributed by atoms with van der Waals surface area (Å²) in [4.78, 5) is 11.5. The molecule has 13 heavy (non-hydrogen) atoms. The molecule has 3 heteroatoms. The van der Waals surface area contributed by atoms with Gasteiger partial charge in [0.05, 0.1) is 6.07 Å². The molecular formula is C10H18N2O. The number of carbonyl (C=O) groups is 1. The van der Waals surface area contributed by atoms with Crippen LogP contribution in [0.4, 0.5) is 0 Å². The van der Waals surface area contributed by atoms with Gasteiger partial charge in [-0.15, -0.1) is 0 Å². The lowest BCUT2D eigenvalue weighted by atomic mass is 9.81. The summed E-state index contributed by atoms with van der Waals surface area (Å²) >= 11 is 0. The maximum atomic E-state index is 11.5. The molecule has 0 aliphatic rings. The van der Waals surface area contributed by atoms with Gasteiger partial charge in [-0.25, -0.2) is 0 Å². The lowest BCUT2D eigenvalue weighted by Gasteiger charge is -2.26. The van der Waals surface area contributed by atoms with Crippen molar-refractivity contribution in [1.29, 1.82) is 5.26 Å². The highest BCUT2D eigenvalue weighted by Crippen LogP contribution is 2.25. The van der Waals surface area contributed by atoms with Gasteiger partial charge in [0.2, 0.25) is 5.91 Å².